The first-order valence-corrected chi connectivity index (χ1v) is 12.1. The molecule has 1 aliphatic carbocycles. The lowest BCUT2D eigenvalue weighted by molar-refractivity contribution is -0.137. The second-order valence-corrected chi connectivity index (χ2v) is 9.46. The summed E-state index contributed by atoms with van der Waals surface area (Å²) in [5.41, 5.74) is 1.49. The van der Waals surface area contributed by atoms with Crippen molar-refractivity contribution in [2.24, 2.45) is 5.92 Å². The first-order chi connectivity index (χ1) is 16.3. The molecule has 2 aromatic rings. The number of rotatable bonds is 9. The number of ketones is 1. The molecule has 1 saturated heterocycles. The number of amides is 1. The molecule has 1 heterocycles. The number of carbonyl (C=O) groups is 2. The van der Waals surface area contributed by atoms with E-state index >= 15 is 0 Å². The van der Waals surface area contributed by atoms with Gasteiger partial charge in [0.05, 0.1) is 5.56 Å². The Morgan fingerprint density at radius 1 is 0.941 bits per heavy atom. The second-order valence-electron chi connectivity index (χ2n) is 9.46. The summed E-state index contributed by atoms with van der Waals surface area (Å²) < 4.78 is 38.5. The minimum Gasteiger partial charge on any atom is -0.326 e. The third-order valence-electron chi connectivity index (χ3n) is 6.80. The maximum atomic E-state index is 12.8. The maximum Gasteiger partial charge on any atom is 0.416 e. The van der Waals surface area contributed by atoms with Crippen LogP contribution in [0.25, 0.3) is 0 Å². The van der Waals surface area contributed by atoms with Gasteiger partial charge in [-0.15, -0.1) is 0 Å². The van der Waals surface area contributed by atoms with Gasteiger partial charge in [-0.25, -0.2) is 0 Å². The van der Waals surface area contributed by atoms with Crippen molar-refractivity contribution in [1.29, 1.82) is 0 Å². The molecule has 7 heteroatoms. The molecule has 182 valence electrons. The highest BCUT2D eigenvalue weighted by molar-refractivity contribution is 5.96. The molecular formula is C27H31F3N2O2. The third-order valence-corrected chi connectivity index (χ3v) is 6.80. The lowest BCUT2D eigenvalue weighted by atomic mass is 9.89. The van der Waals surface area contributed by atoms with E-state index in [0.717, 1.165) is 69.6 Å². The lowest BCUT2D eigenvalue weighted by Crippen LogP contribution is -2.33. The average Bonchev–Trinajstić information content (AvgIpc) is 3.68. The van der Waals surface area contributed by atoms with E-state index in [1.807, 2.05) is 12.1 Å². The number of carbonyl (C=O) groups excluding carboxylic acids is 2. The Morgan fingerprint density at radius 3 is 2.38 bits per heavy atom. The second kappa shape index (κ2) is 10.7. The molecule has 1 amide bonds. The molecule has 0 spiro atoms. The van der Waals surface area contributed by atoms with E-state index in [9.17, 15) is 22.8 Å². The molecule has 4 nitrogen and oxygen atoms in total. The van der Waals surface area contributed by atoms with Crippen LogP contribution in [0.2, 0.25) is 0 Å². The zero-order valence-corrected chi connectivity index (χ0v) is 19.2. The summed E-state index contributed by atoms with van der Waals surface area (Å²) in [7, 11) is 0. The van der Waals surface area contributed by atoms with E-state index in [0.29, 0.717) is 12.3 Å². The zero-order valence-electron chi connectivity index (χ0n) is 19.2. The maximum absolute atomic E-state index is 12.8. The first-order valence-electron chi connectivity index (χ1n) is 12.1. The summed E-state index contributed by atoms with van der Waals surface area (Å²) in [5.74, 6) is 0.542. The number of Topliss-reactive ketones (excluding diaryl/α,β-unsaturated/α-hetero) is 1. The molecule has 34 heavy (non-hydrogen) atoms. The molecular weight excluding hydrogens is 441 g/mol. The fraction of sp³-hybridized carbons (Fsp3) is 0.481. The monoisotopic (exact) mass is 472 g/mol. The van der Waals surface area contributed by atoms with Crippen LogP contribution in [0.1, 0.15) is 72.3 Å². The number of hydrogen-bond acceptors (Lipinski definition) is 3. The average molecular weight is 473 g/mol. The van der Waals surface area contributed by atoms with E-state index in [-0.39, 0.29) is 29.6 Å². The Bertz CT molecular complexity index is 1010. The number of nitrogens with zero attached hydrogens (tertiary/aromatic N) is 1. The van der Waals surface area contributed by atoms with Gasteiger partial charge in [0.15, 0.2) is 5.78 Å². The molecule has 0 aromatic heterocycles. The predicted molar refractivity (Wildman–Crippen MR) is 126 cm³/mol. The summed E-state index contributed by atoms with van der Waals surface area (Å²) in [6, 6.07) is 12.9. The highest BCUT2D eigenvalue weighted by Gasteiger charge is 2.31. The van der Waals surface area contributed by atoms with Crippen molar-refractivity contribution in [3.63, 3.8) is 0 Å². The van der Waals surface area contributed by atoms with Crippen molar-refractivity contribution >= 4 is 17.4 Å². The van der Waals surface area contributed by atoms with Crippen molar-refractivity contribution in [1.82, 2.24) is 4.90 Å². The van der Waals surface area contributed by atoms with Crippen LogP contribution in [0.5, 0.6) is 0 Å². The number of halogens is 3. The molecule has 1 saturated carbocycles. The Balaban J connectivity index is 1.17. The van der Waals surface area contributed by atoms with Gasteiger partial charge in [0.25, 0.3) is 0 Å². The Hall–Kier alpha value is -2.67. The van der Waals surface area contributed by atoms with Crippen LogP contribution < -0.4 is 5.32 Å². The SMILES string of the molecule is O=C(CCCCN1CCC(c2cccc(NC(=O)C3CC3)c2)CC1)c1cccc(C(F)(F)F)c1. The van der Waals surface area contributed by atoms with E-state index in [1.165, 1.54) is 17.7 Å². The van der Waals surface area contributed by atoms with Gasteiger partial charge in [-0.2, -0.15) is 13.2 Å². The zero-order chi connectivity index (χ0) is 24.1. The van der Waals surface area contributed by atoms with E-state index in [2.05, 4.69) is 22.3 Å². The predicted octanol–water partition coefficient (Wildman–Crippen LogP) is 6.29. The fourth-order valence-corrected chi connectivity index (χ4v) is 4.58. The van der Waals surface area contributed by atoms with Gasteiger partial charge in [0, 0.05) is 23.6 Å². The number of likely N-dealkylation sites (tertiary alicyclic amines) is 1. The molecule has 0 atom stereocenters. The van der Waals surface area contributed by atoms with Gasteiger partial charge < -0.3 is 10.2 Å². The van der Waals surface area contributed by atoms with E-state index in [1.54, 1.807) is 0 Å². The van der Waals surface area contributed by atoms with E-state index in [4.69, 9.17) is 0 Å². The van der Waals surface area contributed by atoms with Crippen LogP contribution in [0.15, 0.2) is 48.5 Å². The van der Waals surface area contributed by atoms with Crippen LogP contribution in [0.3, 0.4) is 0 Å². The molecule has 0 radical (unpaired) electrons. The summed E-state index contributed by atoms with van der Waals surface area (Å²) in [6.07, 6.45) is 1.40. The first kappa shape index (κ1) is 24.5. The quantitative estimate of drug-likeness (QED) is 0.345. The number of piperidine rings is 1. The van der Waals surface area contributed by atoms with Gasteiger partial charge >= 0.3 is 6.18 Å². The Morgan fingerprint density at radius 2 is 1.68 bits per heavy atom. The summed E-state index contributed by atoms with van der Waals surface area (Å²) in [5, 5.41) is 3.03. The number of hydrogen-bond donors (Lipinski definition) is 1. The van der Waals surface area contributed by atoms with Crippen LogP contribution in [0.4, 0.5) is 18.9 Å². The lowest BCUT2D eigenvalue weighted by Gasteiger charge is -2.32. The topological polar surface area (TPSA) is 49.4 Å². The molecule has 0 bridgehead atoms. The molecule has 1 N–H and O–H groups in total. The van der Waals surface area contributed by atoms with Gasteiger partial charge in [-0.3, -0.25) is 9.59 Å². The number of alkyl halides is 3. The van der Waals surface area contributed by atoms with Crippen LogP contribution in [-0.2, 0) is 11.0 Å². The van der Waals surface area contributed by atoms with E-state index < -0.39 is 11.7 Å². The molecule has 4 rings (SSSR count). The number of unbranched alkanes of at least 4 members (excludes halogenated alkanes) is 1. The largest absolute Gasteiger partial charge is 0.416 e. The number of anilines is 1. The van der Waals surface area contributed by atoms with Crippen LogP contribution >= 0.6 is 0 Å². The van der Waals surface area contributed by atoms with Crippen molar-refractivity contribution in [3.05, 3.63) is 65.2 Å². The molecule has 0 unspecified atom stereocenters. The Labute approximate surface area is 198 Å². The third kappa shape index (κ3) is 6.69. The summed E-state index contributed by atoms with van der Waals surface area (Å²) in [4.78, 5) is 26.7. The highest BCUT2D eigenvalue weighted by Crippen LogP contribution is 2.33. The minimum absolute atomic E-state index is 0.124. The highest BCUT2D eigenvalue weighted by atomic mass is 19.4. The smallest absolute Gasteiger partial charge is 0.326 e. The van der Waals surface area contributed by atoms with Gasteiger partial charge in [-0.1, -0.05) is 24.3 Å². The van der Waals surface area contributed by atoms with Gasteiger partial charge in [0.2, 0.25) is 5.91 Å². The summed E-state index contributed by atoms with van der Waals surface area (Å²) in [6.45, 7) is 2.84. The number of nitrogens with one attached hydrogen (secondary N) is 1. The number of benzene rings is 2. The van der Waals surface area contributed by atoms with Crippen LogP contribution in [-0.4, -0.2) is 36.2 Å². The fourth-order valence-electron chi connectivity index (χ4n) is 4.58. The molecule has 1 aliphatic heterocycles. The van der Waals surface area contributed by atoms with Crippen molar-refractivity contribution in [2.75, 3.05) is 25.0 Å². The Kier molecular flexibility index (Phi) is 7.71. The molecule has 2 aromatic carbocycles. The minimum atomic E-state index is -4.44. The molecule has 2 aliphatic rings. The van der Waals surface area contributed by atoms with Crippen molar-refractivity contribution in [3.8, 4) is 0 Å². The summed E-state index contributed by atoms with van der Waals surface area (Å²) >= 11 is 0. The van der Waals surface area contributed by atoms with Crippen molar-refractivity contribution < 1.29 is 22.8 Å². The van der Waals surface area contributed by atoms with Gasteiger partial charge in [-0.05, 0) is 93.9 Å². The molecule has 2 fully saturated rings. The van der Waals surface area contributed by atoms with Crippen molar-refractivity contribution in [2.45, 2.75) is 57.0 Å². The normalized spacial score (nSPS) is 17.5. The van der Waals surface area contributed by atoms with Crippen LogP contribution in [0, 0.1) is 5.92 Å². The van der Waals surface area contributed by atoms with Gasteiger partial charge in [0.1, 0.15) is 0 Å². The standard InChI is InChI=1S/C27H31F3N2O2/c28-27(29,30)23-7-3-6-22(17-23)25(33)9-1-2-14-32-15-12-19(13-16-32)21-5-4-8-24(18-21)31-26(34)20-10-11-20/h3-8,17-20H,1-2,9-16H2,(H,31,34).